The fourth-order valence-corrected chi connectivity index (χ4v) is 3.10. The van der Waals surface area contributed by atoms with Gasteiger partial charge in [-0.05, 0) is 25.8 Å². The molecule has 0 saturated carbocycles. The number of likely N-dealkylation sites (N-methyl/N-ethyl adjacent to an activating group) is 1. The van der Waals surface area contributed by atoms with E-state index >= 15 is 0 Å². The standard InChI is InChI=1S/C17H21N5O4/c1-11-5-7-22-15(19-11)13(8-18-22)16(24)20(2)10-14(23)21-6-3-4-12(9-21)17(25)26/h5,7-8,12H,3-4,6,9-10H2,1-2H3,(H,25,26). The summed E-state index contributed by atoms with van der Waals surface area (Å²) in [6.07, 6.45) is 4.38. The summed E-state index contributed by atoms with van der Waals surface area (Å²) in [6.45, 7) is 2.41. The molecule has 0 aromatic carbocycles. The lowest BCUT2D eigenvalue weighted by atomic mass is 9.98. The number of amides is 2. The second-order valence-corrected chi connectivity index (χ2v) is 6.57. The van der Waals surface area contributed by atoms with Crippen molar-refractivity contribution < 1.29 is 19.5 Å². The largest absolute Gasteiger partial charge is 0.481 e. The third-order valence-corrected chi connectivity index (χ3v) is 4.58. The van der Waals surface area contributed by atoms with E-state index in [1.54, 1.807) is 12.3 Å². The van der Waals surface area contributed by atoms with Crippen molar-refractivity contribution in [2.75, 3.05) is 26.7 Å². The number of aromatic nitrogens is 3. The van der Waals surface area contributed by atoms with Gasteiger partial charge in [0.1, 0.15) is 5.56 Å². The third kappa shape index (κ3) is 3.51. The predicted molar refractivity (Wildman–Crippen MR) is 91.6 cm³/mol. The molecule has 0 bridgehead atoms. The number of hydrogen-bond acceptors (Lipinski definition) is 5. The summed E-state index contributed by atoms with van der Waals surface area (Å²) >= 11 is 0. The molecule has 2 amide bonds. The molecule has 2 aromatic heterocycles. The molecule has 1 fully saturated rings. The van der Waals surface area contributed by atoms with Gasteiger partial charge in [0.15, 0.2) is 5.65 Å². The topological polar surface area (TPSA) is 108 Å². The summed E-state index contributed by atoms with van der Waals surface area (Å²) in [5.41, 5.74) is 1.53. The Bertz CT molecular complexity index is 862. The number of nitrogens with zero attached hydrogens (tertiary/aromatic N) is 5. The molecule has 26 heavy (non-hydrogen) atoms. The van der Waals surface area contributed by atoms with E-state index in [9.17, 15) is 14.4 Å². The van der Waals surface area contributed by atoms with Gasteiger partial charge in [-0.15, -0.1) is 0 Å². The molecule has 3 heterocycles. The van der Waals surface area contributed by atoms with Gasteiger partial charge >= 0.3 is 5.97 Å². The number of carboxylic acids is 1. The highest BCUT2D eigenvalue weighted by Crippen LogP contribution is 2.17. The Kier molecular flexibility index (Phi) is 4.88. The molecule has 9 heteroatoms. The van der Waals surface area contributed by atoms with Crippen molar-refractivity contribution in [3.8, 4) is 0 Å². The van der Waals surface area contributed by atoms with Crippen molar-refractivity contribution in [2.24, 2.45) is 5.92 Å². The van der Waals surface area contributed by atoms with E-state index in [-0.39, 0.29) is 24.9 Å². The molecule has 1 unspecified atom stereocenters. The first-order valence-corrected chi connectivity index (χ1v) is 8.44. The molecule has 3 rings (SSSR count). The van der Waals surface area contributed by atoms with E-state index in [1.807, 2.05) is 6.92 Å². The van der Waals surface area contributed by atoms with Crippen LogP contribution in [0.25, 0.3) is 5.65 Å². The van der Waals surface area contributed by atoms with Crippen LogP contribution in [0.2, 0.25) is 0 Å². The van der Waals surface area contributed by atoms with E-state index in [0.29, 0.717) is 30.6 Å². The number of aryl methyl sites for hydroxylation is 1. The Balaban J connectivity index is 1.69. The molecule has 0 aliphatic carbocycles. The van der Waals surface area contributed by atoms with Gasteiger partial charge in [0.25, 0.3) is 5.91 Å². The predicted octanol–water partition coefficient (Wildman–Crippen LogP) is 0.433. The Morgan fingerprint density at radius 1 is 1.38 bits per heavy atom. The second-order valence-electron chi connectivity index (χ2n) is 6.57. The van der Waals surface area contributed by atoms with Crippen LogP contribution in [0.5, 0.6) is 0 Å². The van der Waals surface area contributed by atoms with Gasteiger partial charge in [-0.25, -0.2) is 9.50 Å². The number of carboxylic acid groups (broad SMARTS) is 1. The van der Waals surface area contributed by atoms with E-state index in [0.717, 1.165) is 5.69 Å². The fraction of sp³-hybridized carbons (Fsp3) is 0.471. The van der Waals surface area contributed by atoms with Crippen LogP contribution in [-0.2, 0) is 9.59 Å². The van der Waals surface area contributed by atoms with Crippen LogP contribution in [-0.4, -0.2) is 74.0 Å². The van der Waals surface area contributed by atoms with Gasteiger partial charge in [0.05, 0.1) is 18.7 Å². The van der Waals surface area contributed by atoms with Crippen LogP contribution >= 0.6 is 0 Å². The van der Waals surface area contributed by atoms with Crippen LogP contribution in [0.4, 0.5) is 0 Å². The Morgan fingerprint density at radius 3 is 2.88 bits per heavy atom. The van der Waals surface area contributed by atoms with E-state index in [2.05, 4.69) is 10.1 Å². The molecule has 1 aliphatic rings. The second kappa shape index (κ2) is 7.11. The molecule has 1 atom stereocenters. The van der Waals surface area contributed by atoms with Gasteiger partial charge in [-0.3, -0.25) is 14.4 Å². The van der Waals surface area contributed by atoms with Crippen molar-refractivity contribution in [1.82, 2.24) is 24.4 Å². The minimum atomic E-state index is -0.889. The van der Waals surface area contributed by atoms with Gasteiger partial charge in [0.2, 0.25) is 5.91 Å². The van der Waals surface area contributed by atoms with Crippen molar-refractivity contribution in [2.45, 2.75) is 19.8 Å². The zero-order valence-corrected chi connectivity index (χ0v) is 14.8. The highest BCUT2D eigenvalue weighted by atomic mass is 16.4. The molecule has 0 spiro atoms. The minimum Gasteiger partial charge on any atom is -0.481 e. The van der Waals surface area contributed by atoms with Crippen molar-refractivity contribution in [1.29, 1.82) is 0 Å². The third-order valence-electron chi connectivity index (χ3n) is 4.58. The Labute approximate surface area is 150 Å². The lowest BCUT2D eigenvalue weighted by Gasteiger charge is -2.32. The maximum Gasteiger partial charge on any atom is 0.308 e. The highest BCUT2D eigenvalue weighted by molar-refractivity contribution is 6.01. The van der Waals surface area contributed by atoms with Gasteiger partial charge < -0.3 is 14.9 Å². The van der Waals surface area contributed by atoms with E-state index in [1.165, 1.54) is 27.6 Å². The van der Waals surface area contributed by atoms with Crippen molar-refractivity contribution in [3.63, 3.8) is 0 Å². The first-order valence-electron chi connectivity index (χ1n) is 8.44. The average molecular weight is 359 g/mol. The lowest BCUT2D eigenvalue weighted by Crippen LogP contribution is -2.46. The monoisotopic (exact) mass is 359 g/mol. The van der Waals surface area contributed by atoms with E-state index in [4.69, 9.17) is 5.11 Å². The molecule has 1 aliphatic heterocycles. The van der Waals surface area contributed by atoms with Crippen molar-refractivity contribution >= 4 is 23.4 Å². The van der Waals surface area contributed by atoms with E-state index < -0.39 is 11.9 Å². The lowest BCUT2D eigenvalue weighted by molar-refractivity contribution is -0.145. The van der Waals surface area contributed by atoms with Crippen LogP contribution < -0.4 is 0 Å². The molecule has 9 nitrogen and oxygen atoms in total. The Morgan fingerprint density at radius 2 is 2.15 bits per heavy atom. The number of piperidine rings is 1. The SMILES string of the molecule is Cc1ccn2ncc(C(=O)N(C)CC(=O)N3CCCC(C(=O)O)C3)c2n1. The highest BCUT2D eigenvalue weighted by Gasteiger charge is 2.29. The van der Waals surface area contributed by atoms with Crippen LogP contribution in [0.15, 0.2) is 18.5 Å². The summed E-state index contributed by atoms with van der Waals surface area (Å²) in [4.78, 5) is 43.5. The summed E-state index contributed by atoms with van der Waals surface area (Å²) in [6, 6.07) is 1.79. The Hall–Kier alpha value is -2.97. The number of likely N-dealkylation sites (tertiary alicyclic amines) is 1. The number of rotatable bonds is 4. The average Bonchev–Trinajstić information content (AvgIpc) is 3.03. The molecular formula is C17H21N5O4. The first kappa shape index (κ1) is 17.8. The quantitative estimate of drug-likeness (QED) is 0.848. The van der Waals surface area contributed by atoms with Gasteiger partial charge in [-0.2, -0.15) is 5.10 Å². The summed E-state index contributed by atoms with van der Waals surface area (Å²) in [5.74, 6) is -2.04. The van der Waals surface area contributed by atoms with Crippen LogP contribution in [0.1, 0.15) is 28.9 Å². The van der Waals surface area contributed by atoms with Crippen LogP contribution in [0, 0.1) is 12.8 Å². The molecule has 0 radical (unpaired) electrons. The fourth-order valence-electron chi connectivity index (χ4n) is 3.10. The minimum absolute atomic E-state index is 0.117. The molecule has 138 valence electrons. The maximum atomic E-state index is 12.7. The molecule has 1 saturated heterocycles. The zero-order valence-electron chi connectivity index (χ0n) is 14.8. The molecular weight excluding hydrogens is 338 g/mol. The number of carbonyl (C=O) groups excluding carboxylic acids is 2. The number of fused-ring (bicyclic) bond motifs is 1. The smallest absolute Gasteiger partial charge is 0.308 e. The van der Waals surface area contributed by atoms with Gasteiger partial charge in [0, 0.05) is 32.0 Å². The summed E-state index contributed by atoms with van der Waals surface area (Å²) < 4.78 is 1.51. The van der Waals surface area contributed by atoms with Crippen LogP contribution in [0.3, 0.4) is 0 Å². The number of aliphatic carboxylic acids is 1. The zero-order chi connectivity index (χ0) is 18.8. The number of hydrogen-bond donors (Lipinski definition) is 1. The molecule has 2 aromatic rings. The summed E-state index contributed by atoms with van der Waals surface area (Å²) in [7, 11) is 1.54. The number of carbonyl (C=O) groups is 3. The molecule has 1 N–H and O–H groups in total. The maximum absolute atomic E-state index is 12.7. The van der Waals surface area contributed by atoms with Gasteiger partial charge in [-0.1, -0.05) is 0 Å². The first-order chi connectivity index (χ1) is 12.4. The van der Waals surface area contributed by atoms with Crippen molar-refractivity contribution in [3.05, 3.63) is 29.7 Å². The summed E-state index contributed by atoms with van der Waals surface area (Å²) in [5, 5.41) is 13.2. The normalized spacial score (nSPS) is 17.3.